The third-order valence-electron chi connectivity index (χ3n) is 9.25. The van der Waals surface area contributed by atoms with Gasteiger partial charge in [0, 0.05) is 28.5 Å². The van der Waals surface area contributed by atoms with Gasteiger partial charge in [0.1, 0.15) is 46.0 Å². The number of hydrogen-bond acceptors (Lipinski definition) is 12. The summed E-state index contributed by atoms with van der Waals surface area (Å²) < 4.78 is 10.7. The molecule has 0 saturated carbocycles. The summed E-state index contributed by atoms with van der Waals surface area (Å²) >= 11 is 0. The van der Waals surface area contributed by atoms with Crippen LogP contribution in [-0.4, -0.2) is 61.9 Å². The number of ketones is 3. The van der Waals surface area contributed by atoms with Gasteiger partial charge in [-0.1, -0.05) is 19.1 Å². The molecule has 0 heterocycles. The number of ether oxygens (including phenoxy) is 2. The summed E-state index contributed by atoms with van der Waals surface area (Å²) in [5.41, 5.74) is -3.19. The summed E-state index contributed by atoms with van der Waals surface area (Å²) in [6.45, 7) is 3.48. The van der Waals surface area contributed by atoms with Crippen molar-refractivity contribution < 1.29 is 59.0 Å². The molecular formula is C35H30O12. The average molecular weight is 643 g/mol. The molecule has 0 aliphatic heterocycles. The van der Waals surface area contributed by atoms with E-state index in [0.29, 0.717) is 12.0 Å². The smallest absolute Gasteiger partial charge is 0.342 e. The summed E-state index contributed by atoms with van der Waals surface area (Å²) in [5, 5.41) is 54.7. The highest BCUT2D eigenvalue weighted by molar-refractivity contribution is 6.33. The molecule has 7 rings (SSSR count). The number of carbonyl (C=O) groups excluding carboxylic acids is 5. The van der Waals surface area contributed by atoms with Crippen molar-refractivity contribution in [1.29, 1.82) is 0 Å². The minimum Gasteiger partial charge on any atom is -0.507 e. The Kier molecular flexibility index (Phi) is 7.34. The number of phenols is 5. The first-order valence-corrected chi connectivity index (χ1v) is 14.8. The molecule has 12 nitrogen and oxygen atoms in total. The molecule has 0 radical (unpaired) electrons. The topological polar surface area (TPSA) is 205 Å². The molecule has 4 aliphatic rings. The standard InChI is InChI=1S/C35H30O12/c1-4-5-22(40)47-33-17-10-14(2)11-20(38)24(17)32(44)28-29(41)16-8-9-35(28,33)13-15-12-21(39)27(30(42)23(15)16)31(43)25-18(36)6-7-19(37)26(25)34(45)46-3/h6-8,10-12,28,33,36-39,42H,4-5,9,13H2,1-3H3/t28?,33-,35-/m0/s1. The summed E-state index contributed by atoms with van der Waals surface area (Å²) in [6.07, 6.45) is 0.644. The fourth-order valence-corrected chi connectivity index (χ4v) is 7.33. The molecule has 4 aliphatic carbocycles. The van der Waals surface area contributed by atoms with Crippen molar-refractivity contribution in [3.05, 3.63) is 80.9 Å². The van der Waals surface area contributed by atoms with Crippen LogP contribution in [0.25, 0.3) is 5.57 Å². The zero-order valence-electron chi connectivity index (χ0n) is 25.5. The van der Waals surface area contributed by atoms with E-state index in [1.807, 2.05) is 0 Å². The second-order valence-corrected chi connectivity index (χ2v) is 12.1. The molecule has 3 aromatic carbocycles. The molecule has 242 valence electrons. The Bertz CT molecular complexity index is 1990. The number of methoxy groups -OCH3 is 1. The van der Waals surface area contributed by atoms with Crippen LogP contribution in [0.2, 0.25) is 0 Å². The van der Waals surface area contributed by atoms with Gasteiger partial charge in [-0.25, -0.2) is 4.79 Å². The number of hydrogen-bond donors (Lipinski definition) is 5. The van der Waals surface area contributed by atoms with Gasteiger partial charge in [0.15, 0.2) is 11.6 Å². The van der Waals surface area contributed by atoms with Gasteiger partial charge >= 0.3 is 11.9 Å². The highest BCUT2D eigenvalue weighted by atomic mass is 16.5. The fourth-order valence-electron chi connectivity index (χ4n) is 7.33. The molecule has 0 saturated heterocycles. The van der Waals surface area contributed by atoms with Crippen LogP contribution in [0.4, 0.5) is 0 Å². The van der Waals surface area contributed by atoms with Gasteiger partial charge in [0.05, 0.1) is 24.2 Å². The van der Waals surface area contributed by atoms with Gasteiger partial charge in [-0.3, -0.25) is 19.2 Å². The Morgan fingerprint density at radius 1 is 0.872 bits per heavy atom. The molecule has 3 atom stereocenters. The van der Waals surface area contributed by atoms with Crippen molar-refractivity contribution in [1.82, 2.24) is 0 Å². The quantitative estimate of drug-likeness (QED) is 0.110. The van der Waals surface area contributed by atoms with E-state index in [-0.39, 0.29) is 52.8 Å². The van der Waals surface area contributed by atoms with Crippen LogP contribution < -0.4 is 0 Å². The number of allylic oxidation sites excluding steroid dienone is 2. The lowest BCUT2D eigenvalue weighted by Gasteiger charge is -2.48. The van der Waals surface area contributed by atoms with Crippen molar-refractivity contribution >= 4 is 34.9 Å². The molecule has 0 amide bonds. The Labute approximate surface area is 267 Å². The molecule has 0 aromatic heterocycles. The molecule has 1 spiro atoms. The summed E-state index contributed by atoms with van der Waals surface area (Å²) in [4.78, 5) is 67.8. The summed E-state index contributed by atoms with van der Waals surface area (Å²) in [7, 11) is 0.984. The maximum atomic E-state index is 14.3. The number of fused-ring (bicyclic) bond motifs is 2. The molecule has 5 N–H and O–H groups in total. The van der Waals surface area contributed by atoms with E-state index in [9.17, 15) is 49.5 Å². The number of rotatable bonds is 6. The third-order valence-corrected chi connectivity index (χ3v) is 9.25. The van der Waals surface area contributed by atoms with Crippen LogP contribution >= 0.6 is 0 Å². The minimum atomic E-state index is -1.46. The zero-order chi connectivity index (χ0) is 34.1. The van der Waals surface area contributed by atoms with E-state index in [1.165, 1.54) is 12.1 Å². The van der Waals surface area contributed by atoms with Gasteiger partial charge in [0.2, 0.25) is 5.78 Å². The molecule has 2 bridgehead atoms. The van der Waals surface area contributed by atoms with E-state index in [2.05, 4.69) is 4.74 Å². The van der Waals surface area contributed by atoms with Crippen LogP contribution in [0.15, 0.2) is 36.4 Å². The first-order chi connectivity index (χ1) is 22.3. The molecule has 47 heavy (non-hydrogen) atoms. The third kappa shape index (κ3) is 4.46. The predicted molar refractivity (Wildman–Crippen MR) is 162 cm³/mol. The Balaban J connectivity index is 1.58. The van der Waals surface area contributed by atoms with Gasteiger partial charge in [0.25, 0.3) is 0 Å². The lowest BCUT2D eigenvalue weighted by molar-refractivity contribution is -0.162. The van der Waals surface area contributed by atoms with Crippen LogP contribution in [0.5, 0.6) is 28.7 Å². The largest absolute Gasteiger partial charge is 0.507 e. The van der Waals surface area contributed by atoms with E-state index in [4.69, 9.17) is 4.74 Å². The number of esters is 2. The number of benzene rings is 3. The van der Waals surface area contributed by atoms with Gasteiger partial charge in [-0.05, 0) is 61.6 Å². The Morgan fingerprint density at radius 3 is 2.21 bits per heavy atom. The maximum Gasteiger partial charge on any atom is 0.342 e. The molecular weight excluding hydrogens is 612 g/mol. The van der Waals surface area contributed by atoms with Gasteiger partial charge < -0.3 is 35.0 Å². The van der Waals surface area contributed by atoms with Gasteiger partial charge in [-0.15, -0.1) is 0 Å². The highest BCUT2D eigenvalue weighted by Gasteiger charge is 2.62. The Hall–Kier alpha value is -5.65. The van der Waals surface area contributed by atoms with Crippen molar-refractivity contribution in [2.24, 2.45) is 11.3 Å². The van der Waals surface area contributed by atoms with Crippen LogP contribution in [-0.2, 0) is 25.5 Å². The van der Waals surface area contributed by atoms with Crippen LogP contribution in [0.3, 0.4) is 0 Å². The number of Topliss-reactive ketones (excluding diaryl/α,β-unsaturated/α-hetero) is 2. The van der Waals surface area contributed by atoms with Crippen LogP contribution in [0.1, 0.15) is 91.2 Å². The number of carbonyl (C=O) groups is 5. The van der Waals surface area contributed by atoms with Crippen molar-refractivity contribution in [2.45, 2.75) is 45.6 Å². The molecule has 1 unspecified atom stereocenters. The van der Waals surface area contributed by atoms with Crippen molar-refractivity contribution in [2.75, 3.05) is 7.11 Å². The first-order valence-electron chi connectivity index (χ1n) is 14.8. The van der Waals surface area contributed by atoms with E-state index < -0.39 is 86.4 Å². The maximum absolute atomic E-state index is 14.3. The van der Waals surface area contributed by atoms with E-state index in [1.54, 1.807) is 19.9 Å². The molecule has 12 heteroatoms. The second kappa shape index (κ2) is 11.0. The van der Waals surface area contributed by atoms with Crippen molar-refractivity contribution in [3.63, 3.8) is 0 Å². The van der Waals surface area contributed by atoms with Crippen molar-refractivity contribution in [3.8, 4) is 28.7 Å². The summed E-state index contributed by atoms with van der Waals surface area (Å²) in [6, 6.07) is 6.01. The Morgan fingerprint density at radius 2 is 1.55 bits per heavy atom. The first kappa shape index (κ1) is 31.3. The molecule has 0 fully saturated rings. The summed E-state index contributed by atoms with van der Waals surface area (Å²) in [5.74, 6) is -9.47. The number of aryl methyl sites for hydroxylation is 1. The second-order valence-electron chi connectivity index (χ2n) is 12.1. The average Bonchev–Trinajstić information content (AvgIpc) is 3.23. The lowest BCUT2D eigenvalue weighted by atomic mass is 9.55. The highest BCUT2D eigenvalue weighted by Crippen LogP contribution is 2.62. The zero-order valence-corrected chi connectivity index (χ0v) is 25.5. The normalized spacial score (nSPS) is 20.8. The predicted octanol–water partition coefficient (Wildman–Crippen LogP) is 4.34. The van der Waals surface area contributed by atoms with Crippen LogP contribution in [0, 0.1) is 18.3 Å². The van der Waals surface area contributed by atoms with E-state index in [0.717, 1.165) is 25.3 Å². The SMILES string of the molecule is CCCC(=O)O[C@H]1c2cc(C)cc(O)c2C(=O)C2C(=O)C3=CC[C@]21Cc1cc(O)c(C(=O)c2c(O)ccc(O)c2C(=O)OC)c(O)c13. The minimum absolute atomic E-state index is 0.0146. The monoisotopic (exact) mass is 642 g/mol. The van der Waals surface area contributed by atoms with Gasteiger partial charge in [-0.2, -0.15) is 0 Å². The number of phenolic OH excluding ortho intramolecular Hbond substituents is 5. The lowest BCUT2D eigenvalue weighted by Crippen LogP contribution is -2.52. The fraction of sp³-hybridized carbons (Fsp3) is 0.286. The number of aromatic hydroxyl groups is 5. The molecule has 3 aromatic rings. The van der Waals surface area contributed by atoms with E-state index >= 15 is 0 Å².